The summed E-state index contributed by atoms with van der Waals surface area (Å²) in [6.07, 6.45) is 2.80. The SMILES string of the molecule is COCCNCC(Cc1cn(C)nn1)c1ccc(Cl)cc1. The number of hydrogen-bond acceptors (Lipinski definition) is 4. The third-order valence-corrected chi connectivity index (χ3v) is 3.57. The van der Waals surface area contributed by atoms with Crippen LogP contribution in [0.3, 0.4) is 0 Å². The van der Waals surface area contributed by atoms with Gasteiger partial charge in [0.05, 0.1) is 12.3 Å². The number of nitrogens with zero attached hydrogens (tertiary/aromatic N) is 3. The third-order valence-electron chi connectivity index (χ3n) is 3.32. The molecule has 1 heterocycles. The van der Waals surface area contributed by atoms with Crippen molar-refractivity contribution in [3.05, 3.63) is 46.7 Å². The predicted octanol–water partition coefficient (Wildman–Crippen LogP) is 2.03. The van der Waals surface area contributed by atoms with Crippen LogP contribution in [0.25, 0.3) is 0 Å². The van der Waals surface area contributed by atoms with E-state index < -0.39 is 0 Å². The number of hydrogen-bond donors (Lipinski definition) is 1. The fraction of sp³-hybridized carbons (Fsp3) is 0.467. The monoisotopic (exact) mass is 308 g/mol. The van der Waals surface area contributed by atoms with Crippen molar-refractivity contribution in [2.75, 3.05) is 26.8 Å². The predicted molar refractivity (Wildman–Crippen MR) is 83.6 cm³/mol. The Hall–Kier alpha value is -1.43. The van der Waals surface area contributed by atoms with E-state index in [0.717, 1.165) is 30.2 Å². The molecule has 21 heavy (non-hydrogen) atoms. The first-order chi connectivity index (χ1) is 10.2. The lowest BCUT2D eigenvalue weighted by molar-refractivity contribution is 0.199. The highest BCUT2D eigenvalue weighted by molar-refractivity contribution is 6.30. The highest BCUT2D eigenvalue weighted by atomic mass is 35.5. The van der Waals surface area contributed by atoms with Gasteiger partial charge in [0.2, 0.25) is 0 Å². The lowest BCUT2D eigenvalue weighted by Gasteiger charge is -2.17. The summed E-state index contributed by atoms with van der Waals surface area (Å²) >= 11 is 5.97. The molecule has 0 aliphatic rings. The van der Waals surface area contributed by atoms with Gasteiger partial charge in [0.15, 0.2) is 0 Å². The van der Waals surface area contributed by atoms with E-state index in [2.05, 4.69) is 27.8 Å². The molecular formula is C15H21ClN4O. The molecule has 2 aromatic rings. The molecule has 1 atom stereocenters. The minimum atomic E-state index is 0.329. The molecule has 114 valence electrons. The van der Waals surface area contributed by atoms with Crippen molar-refractivity contribution < 1.29 is 4.74 Å². The van der Waals surface area contributed by atoms with Gasteiger partial charge in [-0.2, -0.15) is 0 Å². The minimum absolute atomic E-state index is 0.329. The Morgan fingerprint density at radius 1 is 1.33 bits per heavy atom. The van der Waals surface area contributed by atoms with Gasteiger partial charge in [-0.25, -0.2) is 0 Å². The van der Waals surface area contributed by atoms with E-state index >= 15 is 0 Å². The van der Waals surface area contributed by atoms with Gasteiger partial charge < -0.3 is 10.1 Å². The number of methoxy groups -OCH3 is 1. The summed E-state index contributed by atoms with van der Waals surface area (Å²) in [5.41, 5.74) is 2.24. The summed E-state index contributed by atoms with van der Waals surface area (Å²) in [6, 6.07) is 7.99. The van der Waals surface area contributed by atoms with Crippen LogP contribution in [-0.2, 0) is 18.2 Å². The van der Waals surface area contributed by atoms with Crippen molar-refractivity contribution in [1.29, 1.82) is 0 Å². The summed E-state index contributed by atoms with van der Waals surface area (Å²) in [7, 11) is 3.59. The molecule has 1 N–H and O–H groups in total. The van der Waals surface area contributed by atoms with Crippen LogP contribution in [0.15, 0.2) is 30.5 Å². The maximum absolute atomic E-state index is 5.97. The molecule has 0 aliphatic carbocycles. The third kappa shape index (κ3) is 5.12. The fourth-order valence-electron chi connectivity index (χ4n) is 2.23. The van der Waals surface area contributed by atoms with Crippen LogP contribution in [-0.4, -0.2) is 41.8 Å². The number of ether oxygens (including phenoxy) is 1. The van der Waals surface area contributed by atoms with Gasteiger partial charge >= 0.3 is 0 Å². The van der Waals surface area contributed by atoms with E-state index in [0.29, 0.717) is 12.5 Å². The Bertz CT molecular complexity index is 541. The number of halogens is 1. The second-order valence-electron chi connectivity index (χ2n) is 5.03. The Morgan fingerprint density at radius 3 is 2.71 bits per heavy atom. The molecule has 0 bridgehead atoms. The summed E-state index contributed by atoms with van der Waals surface area (Å²) in [5.74, 6) is 0.329. The minimum Gasteiger partial charge on any atom is -0.383 e. The molecule has 0 aliphatic heterocycles. The first-order valence-electron chi connectivity index (χ1n) is 6.99. The van der Waals surface area contributed by atoms with E-state index in [-0.39, 0.29) is 0 Å². The largest absolute Gasteiger partial charge is 0.383 e. The van der Waals surface area contributed by atoms with Gasteiger partial charge in [-0.05, 0) is 17.7 Å². The molecule has 0 fully saturated rings. The van der Waals surface area contributed by atoms with Crippen molar-refractivity contribution in [3.63, 3.8) is 0 Å². The Morgan fingerprint density at radius 2 is 2.10 bits per heavy atom. The van der Waals surface area contributed by atoms with E-state index in [1.54, 1.807) is 11.8 Å². The van der Waals surface area contributed by atoms with Crippen LogP contribution < -0.4 is 5.32 Å². The van der Waals surface area contributed by atoms with Gasteiger partial charge in [-0.15, -0.1) is 5.10 Å². The molecule has 1 unspecified atom stereocenters. The highest BCUT2D eigenvalue weighted by Crippen LogP contribution is 2.21. The molecule has 0 radical (unpaired) electrons. The van der Waals surface area contributed by atoms with Crippen molar-refractivity contribution in [2.24, 2.45) is 7.05 Å². The number of benzene rings is 1. The standard InChI is InChI=1S/C15H21ClN4O/c1-20-11-15(18-19-20)9-13(10-17-7-8-21-2)12-3-5-14(16)6-4-12/h3-6,11,13,17H,7-10H2,1-2H3. The number of aryl methyl sites for hydroxylation is 1. The van der Waals surface area contributed by atoms with Crippen LogP contribution in [0.5, 0.6) is 0 Å². The first-order valence-corrected chi connectivity index (χ1v) is 7.37. The van der Waals surface area contributed by atoms with Crippen LogP contribution in [0.1, 0.15) is 17.2 Å². The molecule has 6 heteroatoms. The molecule has 0 saturated carbocycles. The quantitative estimate of drug-likeness (QED) is 0.758. The van der Waals surface area contributed by atoms with Crippen LogP contribution in [0.2, 0.25) is 5.02 Å². The van der Waals surface area contributed by atoms with Crippen molar-refractivity contribution in [1.82, 2.24) is 20.3 Å². The van der Waals surface area contributed by atoms with E-state index in [1.165, 1.54) is 5.56 Å². The van der Waals surface area contributed by atoms with Gasteiger partial charge in [-0.3, -0.25) is 4.68 Å². The highest BCUT2D eigenvalue weighted by Gasteiger charge is 2.14. The average Bonchev–Trinajstić information content (AvgIpc) is 2.88. The second-order valence-corrected chi connectivity index (χ2v) is 5.47. The number of rotatable bonds is 8. The lowest BCUT2D eigenvalue weighted by atomic mass is 9.94. The molecule has 5 nitrogen and oxygen atoms in total. The topological polar surface area (TPSA) is 52.0 Å². The first kappa shape index (κ1) is 15.9. The van der Waals surface area contributed by atoms with E-state index in [1.807, 2.05) is 25.4 Å². The lowest BCUT2D eigenvalue weighted by Crippen LogP contribution is -2.26. The normalized spacial score (nSPS) is 12.5. The average molecular weight is 309 g/mol. The Kier molecular flexibility index (Phi) is 6.17. The fourth-order valence-corrected chi connectivity index (χ4v) is 2.36. The Balaban J connectivity index is 2.04. The maximum Gasteiger partial charge on any atom is 0.0833 e. The molecular weight excluding hydrogens is 288 g/mol. The smallest absolute Gasteiger partial charge is 0.0833 e. The van der Waals surface area contributed by atoms with Crippen molar-refractivity contribution in [2.45, 2.75) is 12.3 Å². The number of aromatic nitrogens is 3. The van der Waals surface area contributed by atoms with E-state index in [4.69, 9.17) is 16.3 Å². The Labute approximate surface area is 130 Å². The van der Waals surface area contributed by atoms with Gasteiger partial charge in [0, 0.05) is 50.8 Å². The summed E-state index contributed by atoms with van der Waals surface area (Å²) < 4.78 is 6.79. The second kappa shape index (κ2) is 8.12. The van der Waals surface area contributed by atoms with Crippen molar-refractivity contribution >= 4 is 11.6 Å². The van der Waals surface area contributed by atoms with Crippen LogP contribution >= 0.6 is 11.6 Å². The molecule has 2 rings (SSSR count). The molecule has 0 saturated heterocycles. The summed E-state index contributed by atoms with van der Waals surface area (Å²) in [6.45, 7) is 2.40. The van der Waals surface area contributed by atoms with Gasteiger partial charge in [-0.1, -0.05) is 28.9 Å². The molecule has 0 spiro atoms. The zero-order valence-corrected chi connectivity index (χ0v) is 13.2. The molecule has 0 amide bonds. The summed E-state index contributed by atoms with van der Waals surface area (Å²) in [4.78, 5) is 0. The molecule has 1 aromatic heterocycles. The van der Waals surface area contributed by atoms with Crippen molar-refractivity contribution in [3.8, 4) is 0 Å². The number of nitrogens with one attached hydrogen (secondary N) is 1. The van der Waals surface area contributed by atoms with Crippen LogP contribution in [0.4, 0.5) is 0 Å². The van der Waals surface area contributed by atoms with E-state index in [9.17, 15) is 0 Å². The van der Waals surface area contributed by atoms with Crippen LogP contribution in [0, 0.1) is 0 Å². The van der Waals surface area contributed by atoms with Gasteiger partial charge in [0.1, 0.15) is 0 Å². The maximum atomic E-state index is 5.97. The van der Waals surface area contributed by atoms with Gasteiger partial charge in [0.25, 0.3) is 0 Å². The zero-order chi connectivity index (χ0) is 15.1. The zero-order valence-electron chi connectivity index (χ0n) is 12.4. The molecule has 1 aromatic carbocycles. The summed E-state index contributed by atoms with van der Waals surface area (Å²) in [5, 5.41) is 12.3.